The minimum absolute atomic E-state index is 0.222. The second-order valence-corrected chi connectivity index (χ2v) is 11.8. The molecule has 5 aromatic rings. The van der Waals surface area contributed by atoms with E-state index in [0.29, 0.717) is 6.04 Å². The second-order valence-electron chi connectivity index (χ2n) is 10.7. The molecule has 2 nitrogen and oxygen atoms in total. The van der Waals surface area contributed by atoms with Crippen LogP contribution in [0.15, 0.2) is 72.8 Å². The Bertz CT molecular complexity index is 1700. The van der Waals surface area contributed by atoms with Crippen LogP contribution in [0.4, 0.5) is 11.4 Å². The number of fused-ring (bicyclic) bond motifs is 10. The summed E-state index contributed by atoms with van der Waals surface area (Å²) < 4.78 is 9.51. The summed E-state index contributed by atoms with van der Waals surface area (Å²) in [4.78, 5) is 2.74. The first kappa shape index (κ1) is 19.0. The van der Waals surface area contributed by atoms with Crippen LogP contribution in [0.3, 0.4) is 0 Å². The van der Waals surface area contributed by atoms with Crippen LogP contribution in [0.2, 0.25) is 0 Å². The van der Waals surface area contributed by atoms with Gasteiger partial charge in [-0.2, -0.15) is 0 Å². The van der Waals surface area contributed by atoms with E-state index >= 15 is 0 Å². The molecule has 4 aromatic carbocycles. The average Bonchev–Trinajstić information content (AvgIpc) is 3.29. The average molecular weight is 469 g/mol. The van der Waals surface area contributed by atoms with Gasteiger partial charge in [0.15, 0.2) is 0 Å². The molecule has 2 unspecified atom stereocenters. The van der Waals surface area contributed by atoms with E-state index in [1.807, 2.05) is 11.3 Å². The van der Waals surface area contributed by atoms with E-state index in [1.165, 1.54) is 85.6 Å². The Kier molecular flexibility index (Phi) is 3.64. The van der Waals surface area contributed by atoms with E-state index in [9.17, 15) is 0 Å². The highest BCUT2D eigenvalue weighted by atomic mass is 32.1. The van der Waals surface area contributed by atoms with Crippen LogP contribution in [0.5, 0.6) is 11.5 Å². The standard InChI is InChI=1S/C31H24BNOS/c1-3-11-23-18(7-1)17-19-8-5-10-21-30(19)33(23)24-12-6-13-25-29(24)32(21)22-15-16-27-28(31(22)34-25)20-9-2-4-14-26(20)35-27/h2,4-6,8-10,12-16,18,23H,1,3,7,11,17H2. The van der Waals surface area contributed by atoms with Gasteiger partial charge in [0.05, 0.1) is 0 Å². The molecule has 35 heavy (non-hydrogen) atoms. The van der Waals surface area contributed by atoms with Crippen molar-refractivity contribution < 1.29 is 4.74 Å². The maximum Gasteiger partial charge on any atom is 0.256 e. The Morgan fingerprint density at radius 1 is 0.829 bits per heavy atom. The van der Waals surface area contributed by atoms with Gasteiger partial charge in [-0.25, -0.2) is 0 Å². The third-order valence-electron chi connectivity index (χ3n) is 9.03. The number of nitrogens with zero attached hydrogens (tertiary/aromatic N) is 1. The molecule has 4 heterocycles. The molecule has 0 amide bonds. The van der Waals surface area contributed by atoms with E-state index in [1.54, 1.807) is 0 Å². The topological polar surface area (TPSA) is 12.5 Å². The van der Waals surface area contributed by atoms with Gasteiger partial charge in [-0.15, -0.1) is 11.3 Å². The zero-order valence-electron chi connectivity index (χ0n) is 19.5. The third kappa shape index (κ3) is 2.36. The van der Waals surface area contributed by atoms with Gasteiger partial charge in [0.25, 0.3) is 6.71 Å². The number of thiophene rings is 1. The lowest BCUT2D eigenvalue weighted by atomic mass is 9.33. The van der Waals surface area contributed by atoms with Crippen LogP contribution >= 0.6 is 11.3 Å². The highest BCUT2D eigenvalue weighted by Crippen LogP contribution is 2.48. The maximum atomic E-state index is 6.88. The first-order valence-corrected chi connectivity index (χ1v) is 13.8. The number of hydrogen-bond donors (Lipinski definition) is 0. The molecule has 3 aliphatic heterocycles. The van der Waals surface area contributed by atoms with Crippen LogP contribution < -0.4 is 26.0 Å². The Balaban J connectivity index is 1.37. The van der Waals surface area contributed by atoms with Gasteiger partial charge < -0.3 is 9.64 Å². The van der Waals surface area contributed by atoms with Crippen molar-refractivity contribution in [1.29, 1.82) is 0 Å². The number of hydrogen-bond acceptors (Lipinski definition) is 3. The van der Waals surface area contributed by atoms with Gasteiger partial charge in [0.2, 0.25) is 0 Å². The second kappa shape index (κ2) is 6.70. The molecule has 9 rings (SSSR count). The maximum absolute atomic E-state index is 6.88. The molecule has 2 atom stereocenters. The van der Waals surface area contributed by atoms with Gasteiger partial charge >= 0.3 is 0 Å². The number of anilines is 2. The van der Waals surface area contributed by atoms with Crippen molar-refractivity contribution in [2.75, 3.05) is 4.90 Å². The summed E-state index contributed by atoms with van der Waals surface area (Å²) in [6.45, 7) is 0.222. The molecule has 0 saturated heterocycles. The first-order valence-electron chi connectivity index (χ1n) is 13.0. The lowest BCUT2D eigenvalue weighted by Gasteiger charge is -2.51. The Hall–Kier alpha value is -3.24. The van der Waals surface area contributed by atoms with Crippen molar-refractivity contribution in [3.8, 4) is 11.5 Å². The van der Waals surface area contributed by atoms with E-state index in [4.69, 9.17) is 4.74 Å². The van der Waals surface area contributed by atoms with E-state index in [-0.39, 0.29) is 6.71 Å². The normalized spacial score (nSPS) is 21.3. The highest BCUT2D eigenvalue weighted by Gasteiger charge is 2.47. The molecule has 1 fully saturated rings. The third-order valence-corrected chi connectivity index (χ3v) is 10.2. The van der Waals surface area contributed by atoms with Crippen molar-refractivity contribution in [3.63, 3.8) is 0 Å². The van der Waals surface area contributed by atoms with Gasteiger partial charge in [-0.3, -0.25) is 0 Å². The summed E-state index contributed by atoms with van der Waals surface area (Å²) in [6, 6.07) is 27.9. The predicted octanol–water partition coefficient (Wildman–Crippen LogP) is 6.24. The van der Waals surface area contributed by atoms with Gasteiger partial charge in [0.1, 0.15) is 11.5 Å². The monoisotopic (exact) mass is 469 g/mol. The molecule has 0 spiro atoms. The summed E-state index contributed by atoms with van der Waals surface area (Å²) in [6.07, 6.45) is 6.60. The zero-order chi connectivity index (χ0) is 22.7. The fraction of sp³-hybridized carbons (Fsp3) is 0.226. The van der Waals surface area contributed by atoms with Crippen molar-refractivity contribution in [2.24, 2.45) is 5.92 Å². The lowest BCUT2D eigenvalue weighted by Crippen LogP contribution is -2.63. The molecule has 0 radical (unpaired) electrons. The van der Waals surface area contributed by atoms with Crippen LogP contribution in [-0.4, -0.2) is 12.8 Å². The van der Waals surface area contributed by atoms with Gasteiger partial charge in [-0.05, 0) is 71.4 Å². The summed E-state index contributed by atoms with van der Waals surface area (Å²) >= 11 is 1.87. The number of ether oxygens (including phenoxy) is 1. The molecule has 4 heteroatoms. The van der Waals surface area contributed by atoms with Crippen molar-refractivity contribution in [3.05, 3.63) is 78.4 Å². The first-order chi connectivity index (χ1) is 17.4. The molecular formula is C31H24BNOS. The lowest BCUT2D eigenvalue weighted by molar-refractivity contribution is 0.293. The van der Waals surface area contributed by atoms with Crippen LogP contribution in [-0.2, 0) is 6.42 Å². The van der Waals surface area contributed by atoms with E-state index < -0.39 is 0 Å². The number of benzene rings is 4. The van der Waals surface area contributed by atoms with Crippen molar-refractivity contribution in [1.82, 2.24) is 0 Å². The van der Waals surface area contributed by atoms with Crippen LogP contribution in [0.1, 0.15) is 31.2 Å². The summed E-state index contributed by atoms with van der Waals surface area (Å²) in [5.41, 5.74) is 8.57. The minimum atomic E-state index is 0.222. The van der Waals surface area contributed by atoms with Crippen LogP contribution in [0, 0.1) is 5.92 Å². The number of para-hydroxylation sites is 1. The highest BCUT2D eigenvalue weighted by molar-refractivity contribution is 7.26. The summed E-state index contributed by atoms with van der Waals surface area (Å²) in [5.74, 6) is 2.86. The quantitative estimate of drug-likeness (QED) is 0.244. The van der Waals surface area contributed by atoms with Crippen molar-refractivity contribution in [2.45, 2.75) is 38.1 Å². The zero-order valence-corrected chi connectivity index (χ0v) is 20.3. The predicted molar refractivity (Wildman–Crippen MR) is 149 cm³/mol. The SMILES string of the molecule is c1cc2c3c(c1)B1c4ccc5sc6ccccc6c5c4Oc4cccc(c41)N3C1CCCCC1C2. The molecule has 4 aliphatic rings. The van der Waals surface area contributed by atoms with Crippen molar-refractivity contribution >= 4 is 66.0 Å². The summed E-state index contributed by atoms with van der Waals surface area (Å²) in [7, 11) is 0. The van der Waals surface area contributed by atoms with E-state index in [2.05, 4.69) is 77.7 Å². The smallest absolute Gasteiger partial charge is 0.256 e. The molecule has 1 aromatic heterocycles. The summed E-state index contributed by atoms with van der Waals surface area (Å²) in [5, 5.41) is 2.58. The van der Waals surface area contributed by atoms with Gasteiger partial charge in [0, 0.05) is 37.6 Å². The number of rotatable bonds is 0. The largest absolute Gasteiger partial charge is 0.458 e. The Morgan fingerprint density at radius 2 is 1.74 bits per heavy atom. The Labute approximate surface area is 209 Å². The molecule has 1 saturated carbocycles. The Morgan fingerprint density at radius 3 is 2.74 bits per heavy atom. The molecule has 1 aliphatic carbocycles. The van der Waals surface area contributed by atoms with Gasteiger partial charge in [-0.1, -0.05) is 61.4 Å². The molecule has 0 bridgehead atoms. The van der Waals surface area contributed by atoms with Crippen LogP contribution in [0.25, 0.3) is 20.2 Å². The molecular weight excluding hydrogens is 445 g/mol. The molecule has 168 valence electrons. The fourth-order valence-electron chi connectivity index (χ4n) is 7.67. The fourth-order valence-corrected chi connectivity index (χ4v) is 8.77. The minimum Gasteiger partial charge on any atom is -0.458 e. The van der Waals surface area contributed by atoms with E-state index in [0.717, 1.165) is 17.4 Å². The molecule has 0 N–H and O–H groups in total.